The number of hydrogen-bond donors (Lipinski definition) is 1. The third-order valence-corrected chi connectivity index (χ3v) is 6.11. The number of benzene rings is 2. The van der Waals surface area contributed by atoms with Crippen LogP contribution in [0.2, 0.25) is 0 Å². The normalized spacial score (nSPS) is 12.0. The molecular formula is C24H23FN4O2S. The number of rotatable bonds is 8. The Morgan fingerprint density at radius 3 is 2.84 bits per heavy atom. The van der Waals surface area contributed by atoms with Crippen LogP contribution in [0.3, 0.4) is 0 Å². The van der Waals surface area contributed by atoms with Crippen molar-refractivity contribution in [3.8, 4) is 5.75 Å². The number of halogens is 1. The maximum atomic E-state index is 14.1. The van der Waals surface area contributed by atoms with Gasteiger partial charge in [-0.05, 0) is 36.2 Å². The third-order valence-electron chi connectivity index (χ3n) is 5.11. The lowest BCUT2D eigenvalue weighted by Gasteiger charge is -2.20. The summed E-state index contributed by atoms with van der Waals surface area (Å²) in [7, 11) is 1.58. The summed E-state index contributed by atoms with van der Waals surface area (Å²) in [5, 5.41) is 3.62. The van der Waals surface area contributed by atoms with Gasteiger partial charge in [-0.15, -0.1) is 0 Å². The van der Waals surface area contributed by atoms with E-state index in [0.717, 1.165) is 11.0 Å². The minimum atomic E-state index is -0.515. The van der Waals surface area contributed by atoms with Gasteiger partial charge in [-0.2, -0.15) is 0 Å². The molecule has 2 aromatic carbocycles. The van der Waals surface area contributed by atoms with Gasteiger partial charge in [-0.3, -0.25) is 9.78 Å². The fourth-order valence-corrected chi connectivity index (χ4v) is 4.54. The van der Waals surface area contributed by atoms with Gasteiger partial charge in [0.05, 0.1) is 24.3 Å². The number of nitrogens with one attached hydrogen (secondary N) is 1. The first kappa shape index (κ1) is 21.8. The number of hydrogen-bond acceptors (Lipinski definition) is 5. The second-order valence-electron chi connectivity index (χ2n) is 7.15. The average molecular weight is 451 g/mol. The summed E-state index contributed by atoms with van der Waals surface area (Å²) in [6.07, 6.45) is 3.92. The zero-order valence-corrected chi connectivity index (χ0v) is 18.6. The van der Waals surface area contributed by atoms with E-state index in [1.165, 1.54) is 17.8 Å². The Morgan fingerprint density at radius 1 is 1.22 bits per heavy atom. The van der Waals surface area contributed by atoms with Crippen LogP contribution in [0.15, 0.2) is 72.1 Å². The van der Waals surface area contributed by atoms with Crippen LogP contribution < -0.4 is 10.1 Å². The topological polar surface area (TPSA) is 69.0 Å². The summed E-state index contributed by atoms with van der Waals surface area (Å²) in [5.41, 5.74) is 2.74. The Kier molecular flexibility index (Phi) is 6.70. The number of aromatic nitrogens is 3. The van der Waals surface area contributed by atoms with Crippen molar-refractivity contribution in [2.24, 2.45) is 0 Å². The molecule has 0 fully saturated rings. The maximum Gasteiger partial charge on any atom is 0.247 e. The van der Waals surface area contributed by atoms with Crippen LogP contribution in [-0.4, -0.2) is 27.6 Å². The number of anilines is 1. The van der Waals surface area contributed by atoms with Crippen molar-refractivity contribution in [1.82, 2.24) is 14.5 Å². The number of imidazole rings is 1. The molecule has 0 aliphatic rings. The first-order valence-corrected chi connectivity index (χ1v) is 11.2. The monoisotopic (exact) mass is 450 g/mol. The van der Waals surface area contributed by atoms with Gasteiger partial charge in [0.1, 0.15) is 17.6 Å². The second-order valence-corrected chi connectivity index (χ2v) is 8.10. The molecule has 0 saturated heterocycles. The molecule has 6 nitrogen and oxygen atoms in total. The highest BCUT2D eigenvalue weighted by Crippen LogP contribution is 2.32. The van der Waals surface area contributed by atoms with Crippen molar-refractivity contribution in [2.75, 3.05) is 12.4 Å². The fourth-order valence-electron chi connectivity index (χ4n) is 3.49. The quantitative estimate of drug-likeness (QED) is 0.361. The van der Waals surface area contributed by atoms with Gasteiger partial charge in [0, 0.05) is 23.7 Å². The van der Waals surface area contributed by atoms with Crippen molar-refractivity contribution in [1.29, 1.82) is 0 Å². The standard InChI is InChI=1S/C24H23FN4O2S/c1-3-21(23(30)27-17-8-6-9-18(13-17)31-2)29-22-14-26-12-11-20(22)28-24(29)32-15-16-7-4-5-10-19(16)25/h4-14,21H,3,15H2,1-2H3,(H,27,30)/t21-/m1/s1. The number of fused-ring (bicyclic) bond motifs is 1. The van der Waals surface area contributed by atoms with E-state index < -0.39 is 6.04 Å². The van der Waals surface area contributed by atoms with E-state index in [4.69, 9.17) is 9.72 Å². The molecule has 0 spiro atoms. The van der Waals surface area contributed by atoms with Crippen molar-refractivity contribution in [2.45, 2.75) is 30.3 Å². The average Bonchev–Trinajstić information content (AvgIpc) is 3.17. The van der Waals surface area contributed by atoms with Crippen LogP contribution in [0.1, 0.15) is 24.9 Å². The lowest BCUT2D eigenvalue weighted by Crippen LogP contribution is -2.26. The summed E-state index contributed by atoms with van der Waals surface area (Å²) in [5.74, 6) is 0.634. The smallest absolute Gasteiger partial charge is 0.247 e. The third kappa shape index (κ3) is 4.60. The summed E-state index contributed by atoms with van der Waals surface area (Å²) in [6, 6.07) is 15.2. The maximum absolute atomic E-state index is 14.1. The first-order chi connectivity index (χ1) is 15.6. The molecule has 164 valence electrons. The van der Waals surface area contributed by atoms with E-state index in [-0.39, 0.29) is 11.7 Å². The SMILES string of the molecule is CC[C@H](C(=O)Nc1cccc(OC)c1)n1c(SCc2ccccc2F)nc2ccncc21. The number of carbonyl (C=O) groups is 1. The van der Waals surface area contributed by atoms with Crippen LogP contribution >= 0.6 is 11.8 Å². The molecule has 8 heteroatoms. The van der Waals surface area contributed by atoms with Crippen LogP contribution in [0, 0.1) is 5.82 Å². The van der Waals surface area contributed by atoms with E-state index in [2.05, 4.69) is 10.3 Å². The molecular weight excluding hydrogens is 427 g/mol. The number of nitrogens with zero attached hydrogens (tertiary/aromatic N) is 3. The molecule has 2 aromatic heterocycles. The minimum absolute atomic E-state index is 0.170. The highest BCUT2D eigenvalue weighted by atomic mass is 32.2. The predicted molar refractivity (Wildman–Crippen MR) is 124 cm³/mol. The molecule has 4 aromatic rings. The van der Waals surface area contributed by atoms with E-state index in [1.807, 2.05) is 41.8 Å². The highest BCUT2D eigenvalue weighted by molar-refractivity contribution is 7.98. The van der Waals surface area contributed by atoms with Crippen LogP contribution in [0.4, 0.5) is 10.1 Å². The number of thioether (sulfide) groups is 1. The Morgan fingerprint density at radius 2 is 2.06 bits per heavy atom. The molecule has 0 unspecified atom stereocenters. The molecule has 0 aliphatic heterocycles. The van der Waals surface area contributed by atoms with Gasteiger partial charge in [-0.25, -0.2) is 9.37 Å². The van der Waals surface area contributed by atoms with Crippen molar-refractivity contribution in [3.05, 3.63) is 78.4 Å². The summed E-state index contributed by atoms with van der Waals surface area (Å²) >= 11 is 1.40. The van der Waals surface area contributed by atoms with Crippen molar-refractivity contribution < 1.29 is 13.9 Å². The van der Waals surface area contributed by atoms with E-state index in [9.17, 15) is 9.18 Å². The zero-order chi connectivity index (χ0) is 22.5. The van der Waals surface area contributed by atoms with Crippen molar-refractivity contribution >= 4 is 34.4 Å². The van der Waals surface area contributed by atoms with Gasteiger partial charge >= 0.3 is 0 Å². The number of pyridine rings is 1. The van der Waals surface area contributed by atoms with Crippen LogP contribution in [0.5, 0.6) is 5.75 Å². The number of carbonyl (C=O) groups excluding carboxylic acids is 1. The Hall–Kier alpha value is -3.39. The molecule has 1 amide bonds. The highest BCUT2D eigenvalue weighted by Gasteiger charge is 2.25. The molecule has 1 N–H and O–H groups in total. The van der Waals surface area contributed by atoms with Crippen molar-refractivity contribution in [3.63, 3.8) is 0 Å². The summed E-state index contributed by atoms with van der Waals surface area (Å²) in [6.45, 7) is 1.95. The minimum Gasteiger partial charge on any atom is -0.497 e. The van der Waals surface area contributed by atoms with Gasteiger partial charge in [0.25, 0.3) is 0 Å². The number of amides is 1. The Labute approximate surface area is 189 Å². The Bertz CT molecular complexity index is 1240. The molecule has 2 heterocycles. The molecule has 0 bridgehead atoms. The fraction of sp³-hybridized carbons (Fsp3) is 0.208. The van der Waals surface area contributed by atoms with E-state index >= 15 is 0 Å². The number of ether oxygens (including phenoxy) is 1. The molecule has 0 saturated carbocycles. The zero-order valence-electron chi connectivity index (χ0n) is 17.8. The van der Waals surface area contributed by atoms with Gasteiger partial charge in [0.15, 0.2) is 5.16 Å². The predicted octanol–water partition coefficient (Wildman–Crippen LogP) is 5.46. The van der Waals surface area contributed by atoms with Crippen LogP contribution in [0.25, 0.3) is 11.0 Å². The molecule has 4 rings (SSSR count). The van der Waals surface area contributed by atoms with Gasteiger partial charge in [-0.1, -0.05) is 43.0 Å². The second kappa shape index (κ2) is 9.82. The summed E-state index contributed by atoms with van der Waals surface area (Å²) in [4.78, 5) is 22.2. The van der Waals surface area contributed by atoms with E-state index in [0.29, 0.717) is 34.3 Å². The molecule has 0 radical (unpaired) electrons. The van der Waals surface area contributed by atoms with E-state index in [1.54, 1.807) is 37.7 Å². The molecule has 32 heavy (non-hydrogen) atoms. The molecule has 1 atom stereocenters. The number of methoxy groups -OCH3 is 1. The van der Waals surface area contributed by atoms with Crippen LogP contribution in [-0.2, 0) is 10.5 Å². The Balaban J connectivity index is 1.66. The van der Waals surface area contributed by atoms with Gasteiger partial charge < -0.3 is 14.6 Å². The first-order valence-electron chi connectivity index (χ1n) is 10.2. The summed E-state index contributed by atoms with van der Waals surface area (Å²) < 4.78 is 21.3. The van der Waals surface area contributed by atoms with Gasteiger partial charge in [0.2, 0.25) is 5.91 Å². The largest absolute Gasteiger partial charge is 0.497 e. The lowest BCUT2D eigenvalue weighted by atomic mass is 10.2. The lowest BCUT2D eigenvalue weighted by molar-refractivity contribution is -0.119. The molecule has 0 aliphatic carbocycles.